The van der Waals surface area contributed by atoms with Crippen LogP contribution in [0.2, 0.25) is 0 Å². The Hall–Kier alpha value is -1.68. The van der Waals surface area contributed by atoms with Gasteiger partial charge in [0.2, 0.25) is 0 Å². The van der Waals surface area contributed by atoms with Crippen molar-refractivity contribution < 1.29 is 19.1 Å². The minimum absolute atomic E-state index is 0.00803. The van der Waals surface area contributed by atoms with E-state index in [4.69, 9.17) is 9.47 Å². The molecule has 0 N–H and O–H groups in total. The Balaban J connectivity index is 1.74. The van der Waals surface area contributed by atoms with Crippen molar-refractivity contribution in [2.45, 2.75) is 38.7 Å². The molecule has 4 nitrogen and oxygen atoms in total. The predicted octanol–water partition coefficient (Wildman–Crippen LogP) is 2.54. The fourth-order valence-corrected chi connectivity index (χ4v) is 2.74. The monoisotopic (exact) mass is 274 g/mol. The molecule has 0 spiro atoms. The van der Waals surface area contributed by atoms with Crippen molar-refractivity contribution >= 4 is 11.8 Å². The quantitative estimate of drug-likeness (QED) is 0.625. The Morgan fingerprint density at radius 3 is 3.00 bits per heavy atom. The number of ether oxygens (including phenoxy) is 2. The summed E-state index contributed by atoms with van der Waals surface area (Å²) in [5.74, 6) is 0.297. The Labute approximate surface area is 118 Å². The second kappa shape index (κ2) is 5.37. The molecule has 2 unspecified atom stereocenters. The van der Waals surface area contributed by atoms with Crippen molar-refractivity contribution in [3.05, 3.63) is 29.3 Å². The molecule has 1 saturated carbocycles. The maximum absolute atomic E-state index is 12.0. The first-order valence-electron chi connectivity index (χ1n) is 7.19. The van der Waals surface area contributed by atoms with Gasteiger partial charge in [-0.3, -0.25) is 9.59 Å². The number of esters is 1. The molecular formula is C16H18O4. The van der Waals surface area contributed by atoms with Crippen molar-refractivity contribution in [3.8, 4) is 5.75 Å². The van der Waals surface area contributed by atoms with Crippen LogP contribution >= 0.6 is 0 Å². The zero-order chi connectivity index (χ0) is 14.1. The minimum Gasteiger partial charge on any atom is -0.426 e. The van der Waals surface area contributed by atoms with E-state index in [1.807, 2.05) is 13.0 Å². The first-order valence-corrected chi connectivity index (χ1v) is 7.19. The number of benzene rings is 1. The van der Waals surface area contributed by atoms with Crippen LogP contribution in [0.15, 0.2) is 18.2 Å². The average Bonchev–Trinajstić information content (AvgIpc) is 3.20. The van der Waals surface area contributed by atoms with Gasteiger partial charge in [-0.15, -0.1) is 0 Å². The van der Waals surface area contributed by atoms with Crippen LogP contribution in [0.4, 0.5) is 0 Å². The van der Waals surface area contributed by atoms with Gasteiger partial charge in [-0.2, -0.15) is 0 Å². The first kappa shape index (κ1) is 13.3. The summed E-state index contributed by atoms with van der Waals surface area (Å²) < 4.78 is 10.9. The fourth-order valence-electron chi connectivity index (χ4n) is 2.74. The van der Waals surface area contributed by atoms with Crippen molar-refractivity contribution in [3.63, 3.8) is 0 Å². The number of hydrogen-bond donors (Lipinski definition) is 0. The number of carbonyl (C=O) groups excluding carboxylic acids is 2. The lowest BCUT2D eigenvalue weighted by Gasteiger charge is -2.17. The molecule has 0 heterocycles. The van der Waals surface area contributed by atoms with Crippen LogP contribution in [0, 0.1) is 5.92 Å². The van der Waals surface area contributed by atoms with Crippen molar-refractivity contribution in [1.29, 1.82) is 0 Å². The Morgan fingerprint density at radius 1 is 1.35 bits per heavy atom. The zero-order valence-corrected chi connectivity index (χ0v) is 11.6. The van der Waals surface area contributed by atoms with Crippen molar-refractivity contribution in [1.82, 2.24) is 0 Å². The van der Waals surface area contributed by atoms with Gasteiger partial charge in [0.1, 0.15) is 5.75 Å². The Morgan fingerprint density at radius 2 is 2.20 bits per heavy atom. The Kier molecular flexibility index (Phi) is 3.57. The van der Waals surface area contributed by atoms with E-state index in [0.717, 1.165) is 24.8 Å². The molecule has 1 aromatic carbocycles. The summed E-state index contributed by atoms with van der Waals surface area (Å²) >= 11 is 0. The van der Waals surface area contributed by atoms with Crippen molar-refractivity contribution in [2.24, 2.45) is 5.92 Å². The van der Waals surface area contributed by atoms with Crippen LogP contribution in [-0.2, 0) is 16.0 Å². The van der Waals surface area contributed by atoms with Crippen LogP contribution < -0.4 is 4.74 Å². The lowest BCUT2D eigenvalue weighted by Crippen LogP contribution is -2.17. The highest BCUT2D eigenvalue weighted by Crippen LogP contribution is 2.36. The lowest BCUT2D eigenvalue weighted by atomic mass is 9.90. The lowest BCUT2D eigenvalue weighted by molar-refractivity contribution is -0.136. The fraction of sp³-hybridized carbons (Fsp3) is 0.500. The summed E-state index contributed by atoms with van der Waals surface area (Å²) in [5, 5.41) is 0. The molecule has 2 aliphatic carbocycles. The molecule has 0 saturated heterocycles. The van der Waals surface area contributed by atoms with E-state index in [0.29, 0.717) is 24.3 Å². The number of rotatable bonds is 4. The molecule has 1 fully saturated rings. The minimum atomic E-state index is -0.241. The van der Waals surface area contributed by atoms with Crippen LogP contribution in [0.25, 0.3) is 0 Å². The van der Waals surface area contributed by atoms with Crippen LogP contribution in [0.3, 0.4) is 0 Å². The van der Waals surface area contributed by atoms with E-state index in [-0.39, 0.29) is 23.8 Å². The highest BCUT2D eigenvalue weighted by molar-refractivity contribution is 5.99. The molecule has 4 heteroatoms. The van der Waals surface area contributed by atoms with E-state index in [2.05, 4.69) is 0 Å². The van der Waals surface area contributed by atoms with Crippen LogP contribution in [-0.4, -0.2) is 24.5 Å². The van der Waals surface area contributed by atoms with Gasteiger partial charge in [0.05, 0.1) is 12.0 Å². The normalized spacial score (nSPS) is 24.1. The maximum Gasteiger partial charge on any atom is 0.317 e. The maximum atomic E-state index is 12.0. The van der Waals surface area contributed by atoms with Crippen LogP contribution in [0.1, 0.15) is 42.1 Å². The molecule has 0 amide bonds. The molecule has 0 aromatic heterocycles. The third-order valence-electron chi connectivity index (χ3n) is 3.89. The molecule has 1 aromatic rings. The smallest absolute Gasteiger partial charge is 0.317 e. The third kappa shape index (κ3) is 2.48. The summed E-state index contributed by atoms with van der Waals surface area (Å²) in [6.45, 7) is 2.53. The van der Waals surface area contributed by atoms with Gasteiger partial charge in [-0.25, -0.2) is 0 Å². The van der Waals surface area contributed by atoms with Gasteiger partial charge < -0.3 is 9.47 Å². The number of carbonyl (C=O) groups is 2. The molecule has 0 aliphatic heterocycles. The van der Waals surface area contributed by atoms with Gasteiger partial charge in [-0.1, -0.05) is 12.1 Å². The molecule has 3 rings (SSSR count). The molecule has 0 bridgehead atoms. The second-order valence-corrected chi connectivity index (χ2v) is 5.32. The Bertz CT molecular complexity index is 549. The highest BCUT2D eigenvalue weighted by Gasteiger charge is 2.45. The highest BCUT2D eigenvalue weighted by atomic mass is 16.5. The first-order chi connectivity index (χ1) is 9.70. The SMILES string of the molecule is CCOC1CC1C(=O)Oc1cccc2c1CCCC2=O. The number of fused-ring (bicyclic) bond motifs is 1. The van der Waals surface area contributed by atoms with Crippen LogP contribution in [0.5, 0.6) is 5.75 Å². The number of Topliss-reactive ketones (excluding diaryl/α,β-unsaturated/α-hetero) is 1. The van der Waals surface area contributed by atoms with Gasteiger partial charge in [0, 0.05) is 24.2 Å². The molecule has 2 aliphatic rings. The van der Waals surface area contributed by atoms with Gasteiger partial charge in [-0.05, 0) is 32.3 Å². The predicted molar refractivity (Wildman–Crippen MR) is 72.9 cm³/mol. The molecule has 106 valence electrons. The van der Waals surface area contributed by atoms with E-state index >= 15 is 0 Å². The number of hydrogen-bond acceptors (Lipinski definition) is 4. The summed E-state index contributed by atoms with van der Waals surface area (Å²) in [6, 6.07) is 5.36. The van der Waals surface area contributed by atoms with E-state index in [1.54, 1.807) is 12.1 Å². The van der Waals surface area contributed by atoms with E-state index < -0.39 is 0 Å². The zero-order valence-electron chi connectivity index (χ0n) is 11.6. The largest absolute Gasteiger partial charge is 0.426 e. The summed E-state index contributed by atoms with van der Waals surface area (Å²) in [5.41, 5.74) is 1.59. The van der Waals surface area contributed by atoms with Gasteiger partial charge >= 0.3 is 5.97 Å². The number of ketones is 1. The third-order valence-corrected chi connectivity index (χ3v) is 3.89. The van der Waals surface area contributed by atoms with E-state index in [1.165, 1.54) is 0 Å². The summed E-state index contributed by atoms with van der Waals surface area (Å²) in [4.78, 5) is 23.9. The summed E-state index contributed by atoms with van der Waals surface area (Å²) in [7, 11) is 0. The average molecular weight is 274 g/mol. The standard InChI is InChI=1S/C16H18O4/c1-2-19-15-9-12(15)16(18)20-14-8-4-5-10-11(14)6-3-7-13(10)17/h4-5,8,12,15H,2-3,6-7,9H2,1H3. The summed E-state index contributed by atoms with van der Waals surface area (Å²) in [6.07, 6.45) is 2.95. The second-order valence-electron chi connectivity index (χ2n) is 5.32. The van der Waals surface area contributed by atoms with Gasteiger partial charge in [0.15, 0.2) is 5.78 Å². The van der Waals surface area contributed by atoms with Crippen molar-refractivity contribution in [2.75, 3.05) is 6.61 Å². The molecule has 0 radical (unpaired) electrons. The van der Waals surface area contributed by atoms with Gasteiger partial charge in [0.25, 0.3) is 0 Å². The van der Waals surface area contributed by atoms with E-state index in [9.17, 15) is 9.59 Å². The molecule has 20 heavy (non-hydrogen) atoms. The topological polar surface area (TPSA) is 52.6 Å². The molecular weight excluding hydrogens is 256 g/mol. The molecule has 2 atom stereocenters.